The van der Waals surface area contributed by atoms with Crippen LogP contribution in [0.25, 0.3) is 22.8 Å². The molecule has 1 aliphatic rings. The Balaban J connectivity index is 1.39. The maximum Gasteiger partial charge on any atom is 0.258 e. The molecule has 4 rings (SSSR count). The number of H-pyrrole nitrogens is 1. The molecular formula is C18H19N5O2. The Labute approximate surface area is 144 Å². The van der Waals surface area contributed by atoms with Crippen molar-refractivity contribution in [2.45, 2.75) is 32.2 Å². The summed E-state index contributed by atoms with van der Waals surface area (Å²) in [6.07, 6.45) is 7.72. The molecule has 7 nitrogen and oxygen atoms in total. The van der Waals surface area contributed by atoms with Crippen LogP contribution in [0.3, 0.4) is 0 Å². The van der Waals surface area contributed by atoms with E-state index >= 15 is 0 Å². The van der Waals surface area contributed by atoms with E-state index in [1.165, 1.54) is 0 Å². The van der Waals surface area contributed by atoms with Crippen molar-refractivity contribution in [1.82, 2.24) is 25.7 Å². The molecule has 25 heavy (non-hydrogen) atoms. The molecule has 0 spiro atoms. The van der Waals surface area contributed by atoms with Gasteiger partial charge in [0.25, 0.3) is 5.89 Å². The van der Waals surface area contributed by atoms with Gasteiger partial charge in [-0.05, 0) is 30.5 Å². The minimum atomic E-state index is 0.170. The Morgan fingerprint density at radius 2 is 2.00 bits per heavy atom. The highest BCUT2D eigenvalue weighted by atomic mass is 16.5. The van der Waals surface area contributed by atoms with Crippen LogP contribution < -0.4 is 5.32 Å². The molecule has 128 valence electrons. The fraction of sp³-hybridized carbons (Fsp3) is 0.333. The molecular weight excluding hydrogens is 318 g/mol. The second kappa shape index (κ2) is 6.88. The number of aromatic nitrogens is 4. The van der Waals surface area contributed by atoms with Gasteiger partial charge in [0.15, 0.2) is 0 Å². The van der Waals surface area contributed by atoms with Gasteiger partial charge in [0.05, 0.1) is 11.8 Å². The number of hydrogen-bond donors (Lipinski definition) is 2. The van der Waals surface area contributed by atoms with E-state index in [-0.39, 0.29) is 11.8 Å². The highest BCUT2D eigenvalue weighted by Gasteiger charge is 2.22. The zero-order valence-corrected chi connectivity index (χ0v) is 13.7. The van der Waals surface area contributed by atoms with E-state index in [9.17, 15) is 4.79 Å². The highest BCUT2D eigenvalue weighted by Crippen LogP contribution is 2.25. The molecule has 0 radical (unpaired) electrons. The van der Waals surface area contributed by atoms with Gasteiger partial charge in [-0.1, -0.05) is 30.1 Å². The lowest BCUT2D eigenvalue weighted by molar-refractivity contribution is -0.124. The van der Waals surface area contributed by atoms with Crippen LogP contribution in [0.4, 0.5) is 0 Å². The second-order valence-corrected chi connectivity index (χ2v) is 6.31. The number of benzene rings is 1. The van der Waals surface area contributed by atoms with Crippen molar-refractivity contribution < 1.29 is 9.32 Å². The summed E-state index contributed by atoms with van der Waals surface area (Å²) in [5.74, 6) is 1.32. The van der Waals surface area contributed by atoms with Crippen molar-refractivity contribution in [3.05, 3.63) is 42.2 Å². The van der Waals surface area contributed by atoms with Crippen molar-refractivity contribution in [2.75, 3.05) is 0 Å². The molecule has 2 heterocycles. The van der Waals surface area contributed by atoms with E-state index in [1.807, 2.05) is 24.3 Å². The minimum Gasteiger partial charge on any atom is -0.352 e. The van der Waals surface area contributed by atoms with Crippen molar-refractivity contribution in [1.29, 1.82) is 0 Å². The van der Waals surface area contributed by atoms with Crippen LogP contribution in [-0.2, 0) is 11.3 Å². The third-order valence-corrected chi connectivity index (χ3v) is 4.58. The van der Waals surface area contributed by atoms with Crippen molar-refractivity contribution >= 4 is 5.91 Å². The zero-order valence-electron chi connectivity index (χ0n) is 13.7. The lowest BCUT2D eigenvalue weighted by Gasteiger charge is -2.10. The second-order valence-electron chi connectivity index (χ2n) is 6.31. The standard InChI is InChI=1S/C18H19N5O2/c24-17(13-3-1-2-4-13)19-9-12-5-7-14(8-6-12)18-22-16(23-25-18)15-10-20-21-11-15/h5-8,10-11,13H,1-4,9H2,(H,19,24)(H,20,21). The smallest absolute Gasteiger partial charge is 0.258 e. The van der Waals surface area contributed by atoms with Gasteiger partial charge in [-0.15, -0.1) is 0 Å². The van der Waals surface area contributed by atoms with Crippen LogP contribution in [0.1, 0.15) is 31.2 Å². The van der Waals surface area contributed by atoms with Gasteiger partial charge in [0.2, 0.25) is 11.7 Å². The summed E-state index contributed by atoms with van der Waals surface area (Å²) >= 11 is 0. The van der Waals surface area contributed by atoms with Crippen LogP contribution in [0.2, 0.25) is 0 Å². The van der Waals surface area contributed by atoms with Crippen LogP contribution in [0, 0.1) is 5.92 Å². The SMILES string of the molecule is O=C(NCc1ccc(-c2nc(-c3cn[nH]c3)no2)cc1)C1CCCC1. The number of amides is 1. The molecule has 7 heteroatoms. The molecule has 1 aliphatic carbocycles. The third kappa shape index (κ3) is 3.45. The van der Waals surface area contributed by atoms with Crippen molar-refractivity contribution in [3.63, 3.8) is 0 Å². The zero-order chi connectivity index (χ0) is 17.1. The number of nitrogens with one attached hydrogen (secondary N) is 2. The maximum atomic E-state index is 12.1. The minimum absolute atomic E-state index is 0.170. The monoisotopic (exact) mass is 337 g/mol. The van der Waals surface area contributed by atoms with Gasteiger partial charge >= 0.3 is 0 Å². The van der Waals surface area contributed by atoms with Crippen LogP contribution >= 0.6 is 0 Å². The Kier molecular flexibility index (Phi) is 4.28. The molecule has 1 amide bonds. The van der Waals surface area contributed by atoms with Gasteiger partial charge in [-0.25, -0.2) is 0 Å². The van der Waals surface area contributed by atoms with E-state index in [2.05, 4.69) is 25.7 Å². The van der Waals surface area contributed by atoms with E-state index in [1.54, 1.807) is 12.4 Å². The lowest BCUT2D eigenvalue weighted by Crippen LogP contribution is -2.28. The maximum absolute atomic E-state index is 12.1. The highest BCUT2D eigenvalue weighted by molar-refractivity contribution is 5.78. The summed E-state index contributed by atoms with van der Waals surface area (Å²) in [5.41, 5.74) is 2.67. The average Bonchev–Trinajstić information content (AvgIpc) is 3.42. The summed E-state index contributed by atoms with van der Waals surface area (Å²) in [6.45, 7) is 0.541. The molecule has 3 aromatic rings. The van der Waals surface area contributed by atoms with Gasteiger partial charge < -0.3 is 9.84 Å². The van der Waals surface area contributed by atoms with Gasteiger partial charge in [0, 0.05) is 24.2 Å². The fourth-order valence-corrected chi connectivity index (χ4v) is 3.12. The van der Waals surface area contributed by atoms with Gasteiger partial charge in [-0.2, -0.15) is 10.1 Å². The van der Waals surface area contributed by atoms with E-state index in [0.717, 1.165) is 42.4 Å². The van der Waals surface area contributed by atoms with Crippen molar-refractivity contribution in [3.8, 4) is 22.8 Å². The molecule has 1 fully saturated rings. The largest absolute Gasteiger partial charge is 0.352 e. The van der Waals surface area contributed by atoms with Gasteiger partial charge in [-0.3, -0.25) is 9.89 Å². The third-order valence-electron chi connectivity index (χ3n) is 4.58. The normalized spacial score (nSPS) is 14.7. The number of carbonyl (C=O) groups is 1. The quantitative estimate of drug-likeness (QED) is 0.746. The molecule has 2 aromatic heterocycles. The van der Waals surface area contributed by atoms with Crippen molar-refractivity contribution in [2.24, 2.45) is 5.92 Å². The summed E-state index contributed by atoms with van der Waals surface area (Å²) in [5, 5.41) is 13.6. The molecule has 1 saturated carbocycles. The molecule has 0 unspecified atom stereocenters. The molecule has 2 N–H and O–H groups in total. The lowest BCUT2D eigenvalue weighted by atomic mass is 10.1. The predicted molar refractivity (Wildman–Crippen MR) is 91.1 cm³/mol. The molecule has 0 saturated heterocycles. The van der Waals surface area contributed by atoms with E-state index in [0.29, 0.717) is 18.3 Å². The van der Waals surface area contributed by atoms with Crippen LogP contribution in [0.15, 0.2) is 41.2 Å². The topological polar surface area (TPSA) is 96.7 Å². The summed E-state index contributed by atoms with van der Waals surface area (Å²) < 4.78 is 5.31. The summed E-state index contributed by atoms with van der Waals surface area (Å²) in [4.78, 5) is 16.4. The number of hydrogen-bond acceptors (Lipinski definition) is 5. The predicted octanol–water partition coefficient (Wildman–Crippen LogP) is 2.93. The molecule has 0 bridgehead atoms. The first kappa shape index (κ1) is 15.6. The number of carbonyl (C=O) groups excluding carboxylic acids is 1. The van der Waals surface area contributed by atoms with Crippen LogP contribution in [-0.4, -0.2) is 26.2 Å². The van der Waals surface area contributed by atoms with E-state index < -0.39 is 0 Å². The number of aromatic amines is 1. The fourth-order valence-electron chi connectivity index (χ4n) is 3.12. The number of nitrogens with zero attached hydrogens (tertiary/aromatic N) is 3. The molecule has 0 atom stereocenters. The number of rotatable bonds is 5. The molecule has 0 aliphatic heterocycles. The molecule has 1 aromatic carbocycles. The average molecular weight is 337 g/mol. The van der Waals surface area contributed by atoms with E-state index in [4.69, 9.17) is 4.52 Å². The first-order valence-corrected chi connectivity index (χ1v) is 8.49. The van der Waals surface area contributed by atoms with Gasteiger partial charge in [0.1, 0.15) is 0 Å². The first-order chi connectivity index (χ1) is 12.3. The summed E-state index contributed by atoms with van der Waals surface area (Å²) in [7, 11) is 0. The Bertz CT molecular complexity index is 833. The van der Waals surface area contributed by atoms with Crippen LogP contribution in [0.5, 0.6) is 0 Å². The first-order valence-electron chi connectivity index (χ1n) is 8.49. The Morgan fingerprint density at radius 3 is 2.72 bits per heavy atom. The Hall–Kier alpha value is -2.96. The Morgan fingerprint density at radius 1 is 1.20 bits per heavy atom. The summed E-state index contributed by atoms with van der Waals surface area (Å²) in [6, 6.07) is 7.77.